The van der Waals surface area contributed by atoms with Gasteiger partial charge < -0.3 is 14.8 Å². The molecule has 2 aromatic rings. The lowest BCUT2D eigenvalue weighted by Gasteiger charge is -2.30. The number of anilines is 1. The van der Waals surface area contributed by atoms with Crippen LogP contribution in [-0.4, -0.2) is 40.8 Å². The van der Waals surface area contributed by atoms with Gasteiger partial charge in [-0.2, -0.15) is 0 Å². The molecule has 0 aliphatic carbocycles. The first-order chi connectivity index (χ1) is 14.0. The summed E-state index contributed by atoms with van der Waals surface area (Å²) in [6.45, 7) is 7.44. The van der Waals surface area contributed by atoms with Gasteiger partial charge in [0.05, 0.1) is 32.2 Å². The van der Waals surface area contributed by atoms with E-state index in [9.17, 15) is 13.2 Å². The van der Waals surface area contributed by atoms with Crippen LogP contribution in [0, 0.1) is 13.8 Å². The van der Waals surface area contributed by atoms with Gasteiger partial charge in [-0.15, -0.1) is 0 Å². The van der Waals surface area contributed by atoms with Crippen LogP contribution >= 0.6 is 0 Å². The third-order valence-corrected chi connectivity index (χ3v) is 6.33. The normalized spacial score (nSPS) is 13.3. The monoisotopic (exact) mass is 434 g/mol. The highest BCUT2D eigenvalue weighted by molar-refractivity contribution is 7.92. The van der Waals surface area contributed by atoms with Crippen molar-refractivity contribution >= 4 is 21.6 Å². The van der Waals surface area contributed by atoms with E-state index in [2.05, 4.69) is 5.32 Å². The number of aryl methyl sites for hydroxylation is 2. The first kappa shape index (κ1) is 23.5. The van der Waals surface area contributed by atoms with Crippen molar-refractivity contribution in [1.29, 1.82) is 0 Å². The molecular formula is C22H30N2O5S. The number of carbonyl (C=O) groups excluding carboxylic acids is 1. The van der Waals surface area contributed by atoms with Crippen molar-refractivity contribution in [3.05, 3.63) is 53.1 Å². The smallest absolute Gasteiger partial charge is 0.244 e. The van der Waals surface area contributed by atoms with Crippen molar-refractivity contribution < 1.29 is 22.7 Å². The molecule has 0 saturated carbocycles. The van der Waals surface area contributed by atoms with E-state index < -0.39 is 22.0 Å². The molecule has 2 aromatic carbocycles. The average Bonchev–Trinajstić information content (AvgIpc) is 2.68. The number of hydrogen-bond acceptors (Lipinski definition) is 5. The third-order valence-electron chi connectivity index (χ3n) is 5.10. The van der Waals surface area contributed by atoms with Gasteiger partial charge in [-0.05, 0) is 56.5 Å². The first-order valence-electron chi connectivity index (χ1n) is 9.58. The van der Waals surface area contributed by atoms with Crippen molar-refractivity contribution in [1.82, 2.24) is 5.32 Å². The van der Waals surface area contributed by atoms with Crippen LogP contribution in [0.2, 0.25) is 0 Å². The number of carbonyl (C=O) groups is 1. The fraction of sp³-hybridized carbons (Fsp3) is 0.409. The number of rotatable bonds is 8. The molecule has 0 fully saturated rings. The zero-order valence-electron chi connectivity index (χ0n) is 18.5. The van der Waals surface area contributed by atoms with Crippen LogP contribution in [-0.2, 0) is 14.8 Å². The Balaban J connectivity index is 2.37. The highest BCUT2D eigenvalue weighted by Gasteiger charge is 2.32. The van der Waals surface area contributed by atoms with Gasteiger partial charge in [0, 0.05) is 6.07 Å². The zero-order chi connectivity index (χ0) is 22.6. The van der Waals surface area contributed by atoms with Gasteiger partial charge in [0.2, 0.25) is 15.9 Å². The van der Waals surface area contributed by atoms with E-state index in [1.165, 1.54) is 25.8 Å². The number of ether oxygens (including phenoxy) is 2. The Morgan fingerprint density at radius 2 is 1.67 bits per heavy atom. The first-order valence-corrected chi connectivity index (χ1v) is 11.4. The Morgan fingerprint density at radius 1 is 1.00 bits per heavy atom. The maximum Gasteiger partial charge on any atom is 0.244 e. The van der Waals surface area contributed by atoms with Gasteiger partial charge in [0.25, 0.3) is 0 Å². The van der Waals surface area contributed by atoms with Crippen LogP contribution in [0.15, 0.2) is 36.4 Å². The number of benzene rings is 2. The summed E-state index contributed by atoms with van der Waals surface area (Å²) in [6, 6.07) is 9.49. The van der Waals surface area contributed by atoms with Crippen molar-refractivity contribution in [2.24, 2.45) is 0 Å². The number of amides is 1. The molecule has 0 aliphatic heterocycles. The number of nitrogens with one attached hydrogen (secondary N) is 1. The SMILES string of the molecule is COc1ccc(OC)c(N([C@@H](C)C(=O)N[C@H](C)c2ccc(C)c(C)c2)S(C)(=O)=O)c1. The molecule has 2 atom stereocenters. The molecule has 0 bridgehead atoms. The summed E-state index contributed by atoms with van der Waals surface area (Å²) in [6.07, 6.45) is 1.06. The second kappa shape index (κ2) is 9.38. The quantitative estimate of drug-likeness (QED) is 0.689. The molecule has 0 aromatic heterocycles. The fourth-order valence-electron chi connectivity index (χ4n) is 3.20. The van der Waals surface area contributed by atoms with E-state index >= 15 is 0 Å². The van der Waals surface area contributed by atoms with Crippen molar-refractivity contribution in [3.8, 4) is 11.5 Å². The minimum absolute atomic E-state index is 0.237. The number of nitrogens with zero attached hydrogens (tertiary/aromatic N) is 1. The van der Waals surface area contributed by atoms with Crippen molar-refractivity contribution in [2.75, 3.05) is 24.8 Å². The highest BCUT2D eigenvalue weighted by atomic mass is 32.2. The molecule has 2 rings (SSSR count). The van der Waals surface area contributed by atoms with Crippen LogP contribution in [0.5, 0.6) is 11.5 Å². The molecule has 0 radical (unpaired) electrons. The standard InChI is InChI=1S/C22H30N2O5S/c1-14-8-9-18(12-15(14)2)16(3)23-22(25)17(4)24(30(7,26)27)20-13-19(28-5)10-11-21(20)29-6/h8-13,16-17H,1-7H3,(H,23,25)/t16-,17+/m1/s1. The molecule has 1 amide bonds. The third kappa shape index (κ3) is 5.24. The number of sulfonamides is 1. The van der Waals surface area contributed by atoms with Crippen LogP contribution in [0.3, 0.4) is 0 Å². The van der Waals surface area contributed by atoms with Gasteiger partial charge in [-0.1, -0.05) is 18.2 Å². The lowest BCUT2D eigenvalue weighted by molar-refractivity contribution is -0.122. The predicted octanol–water partition coefficient (Wildman–Crippen LogP) is 3.35. The summed E-state index contributed by atoms with van der Waals surface area (Å²) in [4.78, 5) is 13.0. The maximum atomic E-state index is 13.0. The lowest BCUT2D eigenvalue weighted by Crippen LogP contribution is -2.48. The molecule has 0 saturated heterocycles. The minimum Gasteiger partial charge on any atom is -0.497 e. The molecule has 0 spiro atoms. The van der Waals surface area contributed by atoms with Gasteiger partial charge in [-0.3, -0.25) is 9.10 Å². The molecule has 8 heteroatoms. The molecule has 1 N–H and O–H groups in total. The number of methoxy groups -OCH3 is 2. The summed E-state index contributed by atoms with van der Waals surface area (Å²) < 4.78 is 36.9. The van der Waals surface area contributed by atoms with E-state index in [1.807, 2.05) is 39.0 Å². The second-order valence-corrected chi connectivity index (χ2v) is 9.21. The van der Waals surface area contributed by atoms with E-state index in [0.29, 0.717) is 11.5 Å². The molecular weight excluding hydrogens is 404 g/mol. The Morgan fingerprint density at radius 3 is 2.20 bits per heavy atom. The second-order valence-electron chi connectivity index (χ2n) is 7.35. The van der Waals surface area contributed by atoms with Gasteiger partial charge in [-0.25, -0.2) is 8.42 Å². The fourth-order valence-corrected chi connectivity index (χ4v) is 4.37. The van der Waals surface area contributed by atoms with Crippen LogP contribution in [0.4, 0.5) is 5.69 Å². The topological polar surface area (TPSA) is 84.9 Å². The van der Waals surface area contributed by atoms with Crippen LogP contribution < -0.4 is 19.1 Å². The molecule has 164 valence electrons. The van der Waals surface area contributed by atoms with Gasteiger partial charge in [0.1, 0.15) is 17.5 Å². The zero-order valence-corrected chi connectivity index (χ0v) is 19.3. The maximum absolute atomic E-state index is 13.0. The number of hydrogen-bond donors (Lipinski definition) is 1. The molecule has 7 nitrogen and oxygen atoms in total. The van der Waals surface area contributed by atoms with Gasteiger partial charge in [0.15, 0.2) is 0 Å². The summed E-state index contributed by atoms with van der Waals surface area (Å²) in [5.41, 5.74) is 3.48. The van der Waals surface area contributed by atoms with Crippen LogP contribution in [0.1, 0.15) is 36.6 Å². The van der Waals surface area contributed by atoms with E-state index in [4.69, 9.17) is 9.47 Å². The predicted molar refractivity (Wildman–Crippen MR) is 119 cm³/mol. The van der Waals surface area contributed by atoms with E-state index in [0.717, 1.165) is 21.7 Å². The Kier molecular flexibility index (Phi) is 7.36. The summed E-state index contributed by atoms with van der Waals surface area (Å²) >= 11 is 0. The largest absolute Gasteiger partial charge is 0.497 e. The van der Waals surface area contributed by atoms with Crippen molar-refractivity contribution in [2.45, 2.75) is 39.8 Å². The summed E-state index contributed by atoms with van der Waals surface area (Å²) in [5, 5.41) is 2.91. The molecule has 0 unspecified atom stereocenters. The van der Waals surface area contributed by atoms with Gasteiger partial charge >= 0.3 is 0 Å². The Bertz CT molecular complexity index is 1020. The van der Waals surface area contributed by atoms with Crippen molar-refractivity contribution in [3.63, 3.8) is 0 Å². The molecule has 30 heavy (non-hydrogen) atoms. The summed E-state index contributed by atoms with van der Waals surface area (Å²) in [7, 11) is -0.869. The Hall–Kier alpha value is -2.74. The van der Waals surface area contributed by atoms with Crippen LogP contribution in [0.25, 0.3) is 0 Å². The highest BCUT2D eigenvalue weighted by Crippen LogP contribution is 2.35. The minimum atomic E-state index is -3.80. The lowest BCUT2D eigenvalue weighted by atomic mass is 10.0. The Labute approximate surface area is 179 Å². The average molecular weight is 435 g/mol. The summed E-state index contributed by atoms with van der Waals surface area (Å²) in [5.74, 6) is 0.356. The van der Waals surface area contributed by atoms with E-state index in [1.54, 1.807) is 19.1 Å². The molecule has 0 heterocycles. The van der Waals surface area contributed by atoms with E-state index in [-0.39, 0.29) is 11.7 Å². The molecule has 0 aliphatic rings.